The number of halogens is 1. The molecule has 2 aromatic rings. The minimum atomic E-state index is -0.248. The molecule has 76 valence electrons. The molecule has 0 saturated heterocycles. The molecular weight excluding hydrogens is 229 g/mol. The van der Waals surface area contributed by atoms with Gasteiger partial charge in [0.25, 0.3) is 0 Å². The Bertz CT molecular complexity index is 448. The maximum absolute atomic E-state index is 12.6. The van der Waals surface area contributed by atoms with Crippen LogP contribution in [0, 0.1) is 5.82 Å². The Balaban J connectivity index is 2.09. The lowest BCUT2D eigenvalue weighted by Gasteiger charge is -2.05. The first-order valence-corrected chi connectivity index (χ1v) is 5.65. The molecule has 0 atom stereocenters. The Morgan fingerprint density at radius 1 is 1.20 bits per heavy atom. The molecule has 1 aromatic heterocycles. The van der Waals surface area contributed by atoms with E-state index < -0.39 is 0 Å². The monoisotopic (exact) mass is 237 g/mol. The van der Waals surface area contributed by atoms with E-state index in [9.17, 15) is 4.39 Å². The van der Waals surface area contributed by atoms with E-state index in [1.807, 2.05) is 17.5 Å². The molecule has 0 saturated carbocycles. The van der Waals surface area contributed by atoms with Crippen molar-refractivity contribution in [3.8, 4) is 0 Å². The van der Waals surface area contributed by atoms with E-state index in [2.05, 4.69) is 5.32 Å². The number of rotatable bonds is 2. The zero-order chi connectivity index (χ0) is 10.7. The fraction of sp³-hybridized carbons (Fsp3) is 0. The fourth-order valence-corrected chi connectivity index (χ4v) is 2.08. The highest BCUT2D eigenvalue weighted by molar-refractivity contribution is 7.81. The molecule has 1 heterocycles. The Kier molecular flexibility index (Phi) is 3.08. The number of hydrogen-bond acceptors (Lipinski definition) is 2. The molecule has 0 spiro atoms. The summed E-state index contributed by atoms with van der Waals surface area (Å²) in [6.45, 7) is 0. The van der Waals surface area contributed by atoms with Crippen molar-refractivity contribution in [1.82, 2.24) is 0 Å². The number of anilines is 1. The summed E-state index contributed by atoms with van der Waals surface area (Å²) in [5.41, 5.74) is 0.801. The summed E-state index contributed by atoms with van der Waals surface area (Å²) in [6.07, 6.45) is 0. The quantitative estimate of drug-likeness (QED) is 0.800. The van der Waals surface area contributed by atoms with Crippen LogP contribution in [0.2, 0.25) is 0 Å². The van der Waals surface area contributed by atoms with Gasteiger partial charge < -0.3 is 5.32 Å². The topological polar surface area (TPSA) is 12.0 Å². The van der Waals surface area contributed by atoms with Gasteiger partial charge in [-0.2, -0.15) is 0 Å². The molecular formula is C11H8FNS2. The third-order valence-electron chi connectivity index (χ3n) is 1.85. The lowest BCUT2D eigenvalue weighted by Crippen LogP contribution is -2.08. The van der Waals surface area contributed by atoms with Gasteiger partial charge in [-0.05, 0) is 35.7 Å². The first kappa shape index (κ1) is 10.3. The number of nitrogens with one attached hydrogen (secondary N) is 1. The minimum absolute atomic E-state index is 0.248. The van der Waals surface area contributed by atoms with Crippen LogP contribution >= 0.6 is 23.6 Å². The van der Waals surface area contributed by atoms with Crippen LogP contribution in [-0.2, 0) is 0 Å². The van der Waals surface area contributed by atoms with E-state index in [1.54, 1.807) is 23.5 Å². The zero-order valence-electron chi connectivity index (χ0n) is 7.74. The van der Waals surface area contributed by atoms with Gasteiger partial charge >= 0.3 is 0 Å². The van der Waals surface area contributed by atoms with Crippen LogP contribution in [-0.4, -0.2) is 4.99 Å². The SMILES string of the molecule is Fc1ccc(NC(=S)c2cccs2)cc1. The first-order valence-electron chi connectivity index (χ1n) is 4.36. The van der Waals surface area contributed by atoms with E-state index in [0.717, 1.165) is 10.6 Å². The molecule has 0 amide bonds. The number of thiophene rings is 1. The summed E-state index contributed by atoms with van der Waals surface area (Å²) in [7, 11) is 0. The highest BCUT2D eigenvalue weighted by atomic mass is 32.1. The standard InChI is InChI=1S/C11H8FNS2/c12-8-3-5-9(6-4-8)13-11(14)10-2-1-7-15-10/h1-7H,(H,13,14). The Morgan fingerprint density at radius 3 is 2.53 bits per heavy atom. The normalized spacial score (nSPS) is 9.93. The minimum Gasteiger partial charge on any atom is -0.345 e. The van der Waals surface area contributed by atoms with E-state index >= 15 is 0 Å². The third-order valence-corrected chi connectivity index (χ3v) is 3.19. The van der Waals surface area contributed by atoms with Crippen LogP contribution < -0.4 is 5.32 Å². The highest BCUT2D eigenvalue weighted by Crippen LogP contribution is 2.14. The maximum Gasteiger partial charge on any atom is 0.123 e. The molecule has 0 aliphatic rings. The Morgan fingerprint density at radius 2 is 1.93 bits per heavy atom. The smallest absolute Gasteiger partial charge is 0.123 e. The number of thiocarbonyl (C=S) groups is 1. The molecule has 2 rings (SSSR count). The average Bonchev–Trinajstić information content (AvgIpc) is 2.74. The molecule has 0 aliphatic heterocycles. The number of benzene rings is 1. The van der Waals surface area contributed by atoms with Crippen molar-refractivity contribution in [3.63, 3.8) is 0 Å². The number of hydrogen-bond donors (Lipinski definition) is 1. The van der Waals surface area contributed by atoms with Crippen molar-refractivity contribution in [2.75, 3.05) is 5.32 Å². The van der Waals surface area contributed by atoms with Gasteiger partial charge in [0.1, 0.15) is 10.8 Å². The second kappa shape index (κ2) is 4.51. The summed E-state index contributed by atoms with van der Waals surface area (Å²) >= 11 is 6.77. The maximum atomic E-state index is 12.6. The molecule has 0 fully saturated rings. The van der Waals surface area contributed by atoms with Crippen LogP contribution in [0.15, 0.2) is 41.8 Å². The van der Waals surface area contributed by atoms with Crippen LogP contribution in [0.1, 0.15) is 4.88 Å². The van der Waals surface area contributed by atoms with Crippen LogP contribution in [0.3, 0.4) is 0 Å². The third kappa shape index (κ3) is 2.61. The summed E-state index contributed by atoms with van der Waals surface area (Å²) in [5.74, 6) is -0.248. The molecule has 15 heavy (non-hydrogen) atoms. The molecule has 1 aromatic carbocycles. The van der Waals surface area contributed by atoms with Crippen LogP contribution in [0.4, 0.5) is 10.1 Å². The molecule has 4 heteroatoms. The van der Waals surface area contributed by atoms with E-state index in [-0.39, 0.29) is 5.82 Å². The summed E-state index contributed by atoms with van der Waals surface area (Å²) in [5, 5.41) is 5.01. The zero-order valence-corrected chi connectivity index (χ0v) is 9.37. The average molecular weight is 237 g/mol. The molecule has 1 N–H and O–H groups in total. The first-order chi connectivity index (χ1) is 7.25. The molecule has 1 nitrogen and oxygen atoms in total. The summed E-state index contributed by atoms with van der Waals surface area (Å²) in [4.78, 5) is 1.67. The van der Waals surface area contributed by atoms with E-state index in [0.29, 0.717) is 4.99 Å². The molecule has 0 unspecified atom stereocenters. The van der Waals surface area contributed by atoms with Gasteiger partial charge in [0.2, 0.25) is 0 Å². The largest absolute Gasteiger partial charge is 0.345 e. The van der Waals surface area contributed by atoms with Crippen molar-refractivity contribution in [1.29, 1.82) is 0 Å². The van der Waals surface area contributed by atoms with Gasteiger partial charge in [-0.3, -0.25) is 0 Å². The van der Waals surface area contributed by atoms with Gasteiger partial charge in [0, 0.05) is 5.69 Å². The lowest BCUT2D eigenvalue weighted by molar-refractivity contribution is 0.628. The molecule has 0 aliphatic carbocycles. The van der Waals surface area contributed by atoms with Crippen molar-refractivity contribution in [3.05, 3.63) is 52.5 Å². The van der Waals surface area contributed by atoms with Gasteiger partial charge in [-0.15, -0.1) is 11.3 Å². The van der Waals surface area contributed by atoms with Gasteiger partial charge in [0.05, 0.1) is 4.88 Å². The summed E-state index contributed by atoms with van der Waals surface area (Å²) in [6, 6.07) is 10.0. The van der Waals surface area contributed by atoms with Crippen LogP contribution in [0.5, 0.6) is 0 Å². The van der Waals surface area contributed by atoms with Crippen molar-refractivity contribution >= 4 is 34.2 Å². The second-order valence-electron chi connectivity index (χ2n) is 2.94. The van der Waals surface area contributed by atoms with Crippen molar-refractivity contribution in [2.24, 2.45) is 0 Å². The predicted octanol–water partition coefficient (Wildman–Crippen LogP) is 3.67. The Hall–Kier alpha value is -1.26. The predicted molar refractivity (Wildman–Crippen MR) is 66.0 cm³/mol. The van der Waals surface area contributed by atoms with Crippen molar-refractivity contribution in [2.45, 2.75) is 0 Å². The molecule has 0 radical (unpaired) electrons. The highest BCUT2D eigenvalue weighted by Gasteiger charge is 2.01. The lowest BCUT2D eigenvalue weighted by atomic mass is 10.3. The van der Waals surface area contributed by atoms with E-state index in [1.165, 1.54) is 12.1 Å². The van der Waals surface area contributed by atoms with Crippen LogP contribution in [0.25, 0.3) is 0 Å². The van der Waals surface area contributed by atoms with Gasteiger partial charge in [0.15, 0.2) is 0 Å². The second-order valence-corrected chi connectivity index (χ2v) is 4.29. The fourth-order valence-electron chi connectivity index (χ4n) is 1.13. The van der Waals surface area contributed by atoms with Crippen molar-refractivity contribution < 1.29 is 4.39 Å². The van der Waals surface area contributed by atoms with Gasteiger partial charge in [-0.25, -0.2) is 4.39 Å². The summed E-state index contributed by atoms with van der Waals surface area (Å²) < 4.78 is 12.6. The van der Waals surface area contributed by atoms with E-state index in [4.69, 9.17) is 12.2 Å². The Labute approximate surface area is 96.6 Å². The molecule has 0 bridgehead atoms. The van der Waals surface area contributed by atoms with Gasteiger partial charge in [-0.1, -0.05) is 18.3 Å².